The predicted molar refractivity (Wildman–Crippen MR) is 131 cm³/mol. The van der Waals surface area contributed by atoms with Crippen LogP contribution in [0.5, 0.6) is 5.75 Å². The Balaban J connectivity index is 1.43. The van der Waals surface area contributed by atoms with Crippen molar-refractivity contribution in [2.24, 2.45) is 11.0 Å². The predicted octanol–water partition coefficient (Wildman–Crippen LogP) is 3.56. The smallest absolute Gasteiger partial charge is 0.312 e. The topological polar surface area (TPSA) is 88.5 Å². The van der Waals surface area contributed by atoms with Crippen LogP contribution in [-0.4, -0.2) is 60.2 Å². The minimum absolute atomic E-state index is 0.0630. The molecular formula is C27H31N3O5. The Hall–Kier alpha value is -3.68. The first-order valence-corrected chi connectivity index (χ1v) is 12.0. The molecule has 2 aliphatic heterocycles. The molecule has 0 aromatic heterocycles. The van der Waals surface area contributed by atoms with Gasteiger partial charge < -0.3 is 14.4 Å². The van der Waals surface area contributed by atoms with Crippen molar-refractivity contribution in [1.29, 1.82) is 0 Å². The van der Waals surface area contributed by atoms with Gasteiger partial charge >= 0.3 is 5.97 Å². The number of hydrazone groups is 1. The van der Waals surface area contributed by atoms with Crippen LogP contribution in [0, 0.1) is 5.92 Å². The van der Waals surface area contributed by atoms with E-state index in [1.165, 1.54) is 5.01 Å². The van der Waals surface area contributed by atoms with E-state index in [4.69, 9.17) is 9.47 Å². The molecular weight excluding hydrogens is 446 g/mol. The maximum Gasteiger partial charge on any atom is 0.312 e. The van der Waals surface area contributed by atoms with Gasteiger partial charge in [-0.05, 0) is 29.7 Å². The number of benzene rings is 2. The molecule has 0 unspecified atom stereocenters. The molecule has 2 atom stereocenters. The summed E-state index contributed by atoms with van der Waals surface area (Å²) in [6.07, 6.45) is 2.49. The number of carbonyl (C=O) groups is 3. The molecule has 0 aliphatic carbocycles. The Morgan fingerprint density at radius 1 is 1.09 bits per heavy atom. The second-order valence-electron chi connectivity index (χ2n) is 8.76. The third kappa shape index (κ3) is 5.53. The number of methoxy groups -OCH3 is 1. The third-order valence-corrected chi connectivity index (χ3v) is 6.48. The highest BCUT2D eigenvalue weighted by Crippen LogP contribution is 2.39. The minimum Gasteiger partial charge on any atom is -0.497 e. The Morgan fingerprint density at radius 3 is 2.51 bits per heavy atom. The highest BCUT2D eigenvalue weighted by molar-refractivity contribution is 6.02. The normalized spacial score (nSPS) is 19.6. The Labute approximate surface area is 205 Å². The molecule has 0 bridgehead atoms. The van der Waals surface area contributed by atoms with Crippen LogP contribution in [0.15, 0.2) is 59.7 Å². The summed E-state index contributed by atoms with van der Waals surface area (Å²) >= 11 is 0. The van der Waals surface area contributed by atoms with Crippen molar-refractivity contribution in [3.05, 3.63) is 65.7 Å². The summed E-state index contributed by atoms with van der Waals surface area (Å²) in [6, 6.07) is 16.6. The molecule has 0 spiro atoms. The minimum atomic E-state index is -0.678. The molecule has 2 aromatic rings. The number of hydrogen-bond donors (Lipinski definition) is 0. The lowest BCUT2D eigenvalue weighted by Gasteiger charge is -2.28. The molecule has 184 valence electrons. The van der Waals surface area contributed by atoms with Gasteiger partial charge in [-0.15, -0.1) is 0 Å². The lowest BCUT2D eigenvalue weighted by molar-refractivity contribution is -0.156. The lowest BCUT2D eigenvalue weighted by Crippen LogP contribution is -2.33. The first kappa shape index (κ1) is 24.4. The van der Waals surface area contributed by atoms with Gasteiger partial charge in [0.2, 0.25) is 5.91 Å². The van der Waals surface area contributed by atoms with Crippen LogP contribution >= 0.6 is 0 Å². The fraction of sp³-hybridized carbons (Fsp3) is 0.407. The van der Waals surface area contributed by atoms with Crippen LogP contribution in [0.1, 0.15) is 49.8 Å². The molecule has 2 heterocycles. The van der Waals surface area contributed by atoms with Crippen molar-refractivity contribution in [2.45, 2.75) is 38.6 Å². The van der Waals surface area contributed by atoms with Gasteiger partial charge in [-0.2, -0.15) is 5.10 Å². The number of carbonyl (C=O) groups excluding carboxylic acids is 3. The van der Waals surface area contributed by atoms with E-state index in [1.54, 1.807) is 12.0 Å². The Kier molecular flexibility index (Phi) is 7.80. The monoisotopic (exact) mass is 477 g/mol. The first-order chi connectivity index (χ1) is 17.0. The quantitative estimate of drug-likeness (QED) is 0.515. The summed E-state index contributed by atoms with van der Waals surface area (Å²) in [5.41, 5.74) is 2.65. The number of nitrogens with zero attached hydrogens (tertiary/aromatic N) is 3. The standard InChI is InChI=1S/C27H31N3O5/c1-3-4-15-29-24(31)17-22(26(29)20-10-12-21(34-2)13-11-20)27(33)35-18-25(32)30-16-14-23(28-30)19-8-6-5-7-9-19/h5-13,22,26H,3-4,14-18H2,1-2H3/t22-,26-/m1/s1. The van der Waals surface area contributed by atoms with Crippen LogP contribution in [-0.2, 0) is 19.1 Å². The van der Waals surface area contributed by atoms with E-state index in [-0.39, 0.29) is 18.2 Å². The SMILES string of the molecule is CCCCN1C(=O)C[C@@H](C(=O)OCC(=O)N2CCC(c3ccccc3)=N2)[C@H]1c1ccc(OC)cc1. The molecule has 0 radical (unpaired) electrons. The average Bonchev–Trinajstić information content (AvgIpc) is 3.51. The van der Waals surface area contributed by atoms with Gasteiger partial charge in [0.05, 0.1) is 31.3 Å². The van der Waals surface area contributed by atoms with Crippen LogP contribution in [0.4, 0.5) is 0 Å². The van der Waals surface area contributed by atoms with E-state index >= 15 is 0 Å². The van der Waals surface area contributed by atoms with Gasteiger partial charge in [0, 0.05) is 19.4 Å². The summed E-state index contributed by atoms with van der Waals surface area (Å²) < 4.78 is 10.7. The molecule has 2 aliphatic rings. The summed E-state index contributed by atoms with van der Waals surface area (Å²) in [5, 5.41) is 5.76. The van der Waals surface area contributed by atoms with E-state index in [0.29, 0.717) is 25.3 Å². The van der Waals surface area contributed by atoms with Gasteiger partial charge in [-0.25, -0.2) is 5.01 Å². The molecule has 4 rings (SSSR count). The molecule has 0 N–H and O–H groups in total. The summed E-state index contributed by atoms with van der Waals surface area (Å²) in [7, 11) is 1.59. The molecule has 2 amide bonds. The van der Waals surface area contributed by atoms with Crippen LogP contribution in [0.25, 0.3) is 0 Å². The van der Waals surface area contributed by atoms with Crippen LogP contribution in [0.2, 0.25) is 0 Å². The average molecular weight is 478 g/mol. The van der Waals surface area contributed by atoms with E-state index < -0.39 is 24.5 Å². The zero-order valence-corrected chi connectivity index (χ0v) is 20.2. The zero-order valence-electron chi connectivity index (χ0n) is 20.2. The number of rotatable bonds is 9. The molecule has 35 heavy (non-hydrogen) atoms. The zero-order chi connectivity index (χ0) is 24.8. The molecule has 8 heteroatoms. The van der Waals surface area contributed by atoms with Crippen molar-refractivity contribution in [3.8, 4) is 5.75 Å². The van der Waals surface area contributed by atoms with Gasteiger partial charge in [0.25, 0.3) is 5.91 Å². The van der Waals surface area contributed by atoms with Crippen molar-refractivity contribution in [3.63, 3.8) is 0 Å². The van der Waals surface area contributed by atoms with E-state index in [9.17, 15) is 14.4 Å². The summed E-state index contributed by atoms with van der Waals surface area (Å²) in [6.45, 7) is 2.67. The lowest BCUT2D eigenvalue weighted by atomic mass is 9.93. The Morgan fingerprint density at radius 2 is 1.83 bits per heavy atom. The highest BCUT2D eigenvalue weighted by Gasteiger charge is 2.45. The van der Waals surface area contributed by atoms with E-state index in [1.807, 2.05) is 54.6 Å². The van der Waals surface area contributed by atoms with Crippen molar-refractivity contribution in [2.75, 3.05) is 26.8 Å². The molecule has 1 fully saturated rings. The van der Waals surface area contributed by atoms with Crippen LogP contribution < -0.4 is 4.74 Å². The summed E-state index contributed by atoms with van der Waals surface area (Å²) in [4.78, 5) is 40.4. The number of amides is 2. The molecule has 2 aromatic carbocycles. The highest BCUT2D eigenvalue weighted by atomic mass is 16.5. The maximum absolute atomic E-state index is 13.1. The van der Waals surface area contributed by atoms with Crippen molar-refractivity contribution in [1.82, 2.24) is 9.91 Å². The molecule has 8 nitrogen and oxygen atoms in total. The van der Waals surface area contributed by atoms with Crippen molar-refractivity contribution >= 4 is 23.5 Å². The van der Waals surface area contributed by atoms with Crippen molar-refractivity contribution < 1.29 is 23.9 Å². The fourth-order valence-electron chi connectivity index (χ4n) is 4.59. The number of hydrogen-bond acceptors (Lipinski definition) is 6. The number of unbranched alkanes of at least 4 members (excludes halogenated alkanes) is 1. The summed E-state index contributed by atoms with van der Waals surface area (Å²) in [5.74, 6) is -0.980. The largest absolute Gasteiger partial charge is 0.497 e. The maximum atomic E-state index is 13.1. The number of likely N-dealkylation sites (tertiary alicyclic amines) is 1. The molecule has 1 saturated heterocycles. The van der Waals surface area contributed by atoms with Gasteiger partial charge in [0.1, 0.15) is 5.75 Å². The van der Waals surface area contributed by atoms with E-state index in [0.717, 1.165) is 29.7 Å². The number of esters is 1. The van der Waals surface area contributed by atoms with E-state index in [2.05, 4.69) is 12.0 Å². The van der Waals surface area contributed by atoms with Gasteiger partial charge in [-0.3, -0.25) is 14.4 Å². The van der Waals surface area contributed by atoms with Gasteiger partial charge in [0.15, 0.2) is 6.61 Å². The Bertz CT molecular complexity index is 1080. The third-order valence-electron chi connectivity index (χ3n) is 6.48. The second kappa shape index (κ2) is 11.2. The second-order valence-corrected chi connectivity index (χ2v) is 8.76. The van der Waals surface area contributed by atoms with Gasteiger partial charge in [-0.1, -0.05) is 55.8 Å². The number of ether oxygens (including phenoxy) is 2. The van der Waals surface area contributed by atoms with Crippen LogP contribution in [0.3, 0.4) is 0 Å². The fourth-order valence-corrected chi connectivity index (χ4v) is 4.59. The first-order valence-electron chi connectivity index (χ1n) is 12.0. The molecule has 0 saturated carbocycles.